The van der Waals surface area contributed by atoms with E-state index in [0.717, 1.165) is 79.7 Å². The fourth-order valence-corrected chi connectivity index (χ4v) is 4.39. The van der Waals surface area contributed by atoms with Crippen LogP contribution in [0, 0.1) is 0 Å². The van der Waals surface area contributed by atoms with Crippen molar-refractivity contribution in [3.05, 3.63) is 36.3 Å². The van der Waals surface area contributed by atoms with E-state index in [1.165, 1.54) is 0 Å². The van der Waals surface area contributed by atoms with Gasteiger partial charge in [0.05, 0.1) is 18.9 Å². The second kappa shape index (κ2) is 10.4. The molecule has 3 aromatic heterocycles. The molecule has 184 valence electrons. The smallest absolute Gasteiger partial charge is 0.228 e. The first-order valence-corrected chi connectivity index (χ1v) is 12.0. The number of morpholine rings is 1. The first-order valence-electron chi connectivity index (χ1n) is 12.0. The summed E-state index contributed by atoms with van der Waals surface area (Å²) in [7, 11) is 4.17. The van der Waals surface area contributed by atoms with E-state index < -0.39 is 0 Å². The highest BCUT2D eigenvalue weighted by Gasteiger charge is 2.29. The van der Waals surface area contributed by atoms with Crippen LogP contribution in [0.15, 0.2) is 30.7 Å². The summed E-state index contributed by atoms with van der Waals surface area (Å²) in [6.45, 7) is 5.55. The Morgan fingerprint density at radius 2 is 1.89 bits per heavy atom. The van der Waals surface area contributed by atoms with Crippen LogP contribution >= 0.6 is 0 Å². The van der Waals surface area contributed by atoms with E-state index in [4.69, 9.17) is 20.4 Å². The number of ether oxygens (including phenoxy) is 1. The number of nitrogen functional groups attached to an aromatic ring is 1. The van der Waals surface area contributed by atoms with Gasteiger partial charge in [0.15, 0.2) is 0 Å². The summed E-state index contributed by atoms with van der Waals surface area (Å²) >= 11 is 0. The third-order valence-corrected chi connectivity index (χ3v) is 6.20. The second-order valence-corrected chi connectivity index (χ2v) is 8.99. The summed E-state index contributed by atoms with van der Waals surface area (Å²) in [5.41, 5.74) is 9.58. The highest BCUT2D eigenvalue weighted by atomic mass is 16.5. The number of aromatic nitrogens is 5. The third-order valence-electron chi connectivity index (χ3n) is 6.20. The molecule has 11 nitrogen and oxygen atoms in total. The van der Waals surface area contributed by atoms with Gasteiger partial charge in [-0.2, -0.15) is 4.98 Å². The van der Waals surface area contributed by atoms with Gasteiger partial charge in [-0.05, 0) is 39.5 Å². The van der Waals surface area contributed by atoms with Crippen LogP contribution in [0.5, 0.6) is 0 Å². The van der Waals surface area contributed by atoms with E-state index in [0.29, 0.717) is 19.2 Å². The molecule has 0 radical (unpaired) electrons. The van der Waals surface area contributed by atoms with Crippen LogP contribution in [0.2, 0.25) is 0 Å². The summed E-state index contributed by atoms with van der Waals surface area (Å²) in [4.78, 5) is 29.5. The molecule has 2 aliphatic rings. The van der Waals surface area contributed by atoms with Gasteiger partial charge in [0, 0.05) is 67.7 Å². The maximum Gasteiger partial charge on any atom is 0.228 e. The number of anilines is 5. The number of nitrogens with one attached hydrogen (secondary N) is 1. The Morgan fingerprint density at radius 3 is 2.66 bits per heavy atom. The van der Waals surface area contributed by atoms with Gasteiger partial charge in [-0.1, -0.05) is 0 Å². The number of hydrogen-bond donors (Lipinski definition) is 2. The molecule has 0 bridgehead atoms. The largest absolute Gasteiger partial charge is 0.378 e. The third kappa shape index (κ3) is 5.25. The van der Waals surface area contributed by atoms with Gasteiger partial charge in [-0.25, -0.2) is 19.9 Å². The molecule has 0 atom stereocenters. The summed E-state index contributed by atoms with van der Waals surface area (Å²) < 4.78 is 5.54. The van der Waals surface area contributed by atoms with Crippen LogP contribution in [0.3, 0.4) is 0 Å². The molecule has 0 aliphatic carbocycles. The minimum absolute atomic E-state index is 0.247. The number of fused-ring (bicyclic) bond motifs is 1. The minimum Gasteiger partial charge on any atom is -0.378 e. The quantitative estimate of drug-likeness (QED) is 0.463. The molecule has 11 heteroatoms. The summed E-state index contributed by atoms with van der Waals surface area (Å²) in [6, 6.07) is 4.12. The van der Waals surface area contributed by atoms with E-state index in [2.05, 4.69) is 55.1 Å². The van der Waals surface area contributed by atoms with Crippen LogP contribution in [0.4, 0.5) is 29.2 Å². The zero-order valence-electron chi connectivity index (χ0n) is 20.3. The van der Waals surface area contributed by atoms with Crippen LogP contribution in [-0.2, 0) is 11.2 Å². The number of pyridine rings is 1. The maximum absolute atomic E-state index is 5.74. The fourth-order valence-electron chi connectivity index (χ4n) is 4.39. The Hall–Kier alpha value is -3.57. The van der Waals surface area contributed by atoms with Gasteiger partial charge in [0.1, 0.15) is 11.6 Å². The van der Waals surface area contributed by atoms with Crippen molar-refractivity contribution in [2.75, 3.05) is 80.9 Å². The Bertz CT molecular complexity index is 1150. The highest BCUT2D eigenvalue weighted by molar-refractivity contribution is 5.77. The van der Waals surface area contributed by atoms with E-state index >= 15 is 0 Å². The molecular weight excluding hydrogens is 444 g/mol. The van der Waals surface area contributed by atoms with Crippen LogP contribution < -0.4 is 20.9 Å². The Balaban J connectivity index is 1.47. The topological polar surface area (TPSA) is 121 Å². The predicted octanol–water partition coefficient (Wildman–Crippen LogP) is 1.81. The van der Waals surface area contributed by atoms with Crippen molar-refractivity contribution < 1.29 is 4.74 Å². The lowest BCUT2D eigenvalue weighted by Crippen LogP contribution is -2.37. The number of rotatable bonds is 8. The second-order valence-electron chi connectivity index (χ2n) is 8.99. The number of nitrogens with zero attached hydrogens (tertiary/aromatic N) is 8. The Labute approximate surface area is 205 Å². The highest BCUT2D eigenvalue weighted by Crippen LogP contribution is 2.39. The van der Waals surface area contributed by atoms with Crippen molar-refractivity contribution >= 4 is 29.2 Å². The van der Waals surface area contributed by atoms with Gasteiger partial charge in [0.25, 0.3) is 0 Å². The van der Waals surface area contributed by atoms with E-state index in [1.54, 1.807) is 12.4 Å². The summed E-state index contributed by atoms with van der Waals surface area (Å²) in [6.07, 6.45) is 7.19. The summed E-state index contributed by atoms with van der Waals surface area (Å²) in [5, 5.41) is 3.45. The average molecular weight is 477 g/mol. The van der Waals surface area contributed by atoms with Gasteiger partial charge >= 0.3 is 0 Å². The first-order chi connectivity index (χ1) is 17.1. The van der Waals surface area contributed by atoms with Crippen molar-refractivity contribution in [3.8, 4) is 11.3 Å². The molecule has 0 unspecified atom stereocenters. The molecule has 3 aromatic rings. The fraction of sp³-hybridized carbons (Fsp3) is 0.458. The monoisotopic (exact) mass is 476 g/mol. The SMILES string of the molecule is CN(C)CCCNc1cc(N2CCc3c(-c4cnc(N)nc4)nc(N4CCOCC4)nc32)ccn1. The molecule has 1 saturated heterocycles. The van der Waals surface area contributed by atoms with Gasteiger partial charge in [0.2, 0.25) is 11.9 Å². The Morgan fingerprint density at radius 1 is 1.09 bits per heavy atom. The predicted molar refractivity (Wildman–Crippen MR) is 137 cm³/mol. The molecule has 5 rings (SSSR count). The molecule has 3 N–H and O–H groups in total. The molecule has 1 fully saturated rings. The molecule has 35 heavy (non-hydrogen) atoms. The normalized spacial score (nSPS) is 15.5. The van der Waals surface area contributed by atoms with Crippen molar-refractivity contribution in [1.29, 1.82) is 0 Å². The lowest BCUT2D eigenvalue weighted by Gasteiger charge is -2.28. The van der Waals surface area contributed by atoms with E-state index in [1.807, 2.05) is 12.3 Å². The zero-order chi connectivity index (χ0) is 24.2. The van der Waals surface area contributed by atoms with Gasteiger partial charge < -0.3 is 30.5 Å². The van der Waals surface area contributed by atoms with Crippen molar-refractivity contribution in [3.63, 3.8) is 0 Å². The molecule has 0 saturated carbocycles. The first kappa shape index (κ1) is 23.2. The van der Waals surface area contributed by atoms with Gasteiger partial charge in [-0.15, -0.1) is 0 Å². The van der Waals surface area contributed by atoms with Gasteiger partial charge in [-0.3, -0.25) is 0 Å². The van der Waals surface area contributed by atoms with Crippen molar-refractivity contribution in [1.82, 2.24) is 29.8 Å². The van der Waals surface area contributed by atoms with E-state index in [9.17, 15) is 0 Å². The zero-order valence-corrected chi connectivity index (χ0v) is 20.3. The number of hydrogen-bond acceptors (Lipinski definition) is 11. The maximum atomic E-state index is 5.74. The standard InChI is InChI=1S/C24H32N10O/c1-32(2)8-3-6-26-20-14-18(4-7-27-20)34-9-5-19-21(17-15-28-23(25)29-16-17)30-24(31-22(19)34)33-10-12-35-13-11-33/h4,7,14-16H,3,5-6,8-13H2,1-2H3,(H,26,27)(H2,25,28,29). The molecule has 0 amide bonds. The van der Waals surface area contributed by atoms with Crippen LogP contribution in [-0.4, -0.2) is 89.9 Å². The minimum atomic E-state index is 0.247. The Kier molecular flexibility index (Phi) is 6.87. The number of nitrogens with two attached hydrogens (primary N) is 1. The summed E-state index contributed by atoms with van der Waals surface area (Å²) in [5.74, 6) is 2.72. The van der Waals surface area contributed by atoms with Crippen LogP contribution in [0.1, 0.15) is 12.0 Å². The van der Waals surface area contributed by atoms with Crippen molar-refractivity contribution in [2.45, 2.75) is 12.8 Å². The molecule has 5 heterocycles. The molecule has 0 aromatic carbocycles. The average Bonchev–Trinajstić information content (AvgIpc) is 3.31. The molecule has 0 spiro atoms. The molecule has 2 aliphatic heterocycles. The van der Waals surface area contributed by atoms with Crippen LogP contribution in [0.25, 0.3) is 11.3 Å². The molecular formula is C24H32N10O. The van der Waals surface area contributed by atoms with E-state index in [-0.39, 0.29) is 5.95 Å². The van der Waals surface area contributed by atoms with Crippen molar-refractivity contribution in [2.24, 2.45) is 0 Å². The lowest BCUT2D eigenvalue weighted by atomic mass is 10.1. The lowest BCUT2D eigenvalue weighted by molar-refractivity contribution is 0.122.